The first kappa shape index (κ1) is 23.9. The number of esters is 1. The number of carbonyl (C=O) groups excluding carboxylic acids is 1. The molecule has 9 heteroatoms. The Hall–Kier alpha value is -2.17. The van der Waals surface area contributed by atoms with Gasteiger partial charge in [0, 0.05) is 24.5 Å². The fourth-order valence-corrected chi connectivity index (χ4v) is 3.14. The monoisotopic (exact) mass is 410 g/mol. The molecule has 0 aliphatic carbocycles. The molecule has 0 aromatic heterocycles. The zero-order valence-electron chi connectivity index (χ0n) is 16.4. The smallest absolute Gasteiger partial charge is 0.336 e. The predicted molar refractivity (Wildman–Crippen MR) is 106 cm³/mol. The fraction of sp³-hybridized carbons (Fsp3) is 0.474. The summed E-state index contributed by atoms with van der Waals surface area (Å²) >= 11 is 0. The molecule has 0 unspecified atom stereocenters. The maximum atomic E-state index is 12.0. The average Bonchev–Trinajstić information content (AvgIpc) is 2.60. The minimum atomic E-state index is -3.99. The molecule has 1 aliphatic rings. The second-order valence-electron chi connectivity index (χ2n) is 6.00. The molecule has 2 N–H and O–H groups in total. The Bertz CT molecular complexity index is 770. The number of ether oxygens (including phenoxy) is 2. The van der Waals surface area contributed by atoms with Crippen molar-refractivity contribution in [2.24, 2.45) is 0 Å². The molecule has 0 saturated carbocycles. The first-order chi connectivity index (χ1) is 13.2. The highest BCUT2D eigenvalue weighted by Gasteiger charge is 2.21. The summed E-state index contributed by atoms with van der Waals surface area (Å²) < 4.78 is 21.2. The number of hydrogen-bond acceptors (Lipinski definition) is 5. The van der Waals surface area contributed by atoms with Crippen LogP contribution in [0.2, 0.25) is 0 Å². The molecule has 0 spiro atoms. The summed E-state index contributed by atoms with van der Waals surface area (Å²) in [7, 11) is -3.99. The van der Waals surface area contributed by atoms with Gasteiger partial charge in [0.25, 0.3) is 5.70 Å². The van der Waals surface area contributed by atoms with E-state index in [2.05, 4.69) is 4.85 Å². The lowest BCUT2D eigenvalue weighted by molar-refractivity contribution is -0.138. The van der Waals surface area contributed by atoms with Gasteiger partial charge in [-0.05, 0) is 51.0 Å². The summed E-state index contributed by atoms with van der Waals surface area (Å²) in [4.78, 5) is 35.0. The van der Waals surface area contributed by atoms with Crippen LogP contribution in [0.5, 0.6) is 0 Å². The zero-order valence-corrected chi connectivity index (χ0v) is 17.3. The first-order valence-electron chi connectivity index (χ1n) is 8.94. The van der Waals surface area contributed by atoms with Crippen LogP contribution >= 0.6 is 7.60 Å². The number of carbonyl (C=O) groups is 1. The average molecular weight is 410 g/mol. The molecule has 8 nitrogen and oxygen atoms in total. The van der Waals surface area contributed by atoms with Gasteiger partial charge in [-0.3, -0.25) is 9.36 Å². The van der Waals surface area contributed by atoms with Crippen molar-refractivity contribution >= 4 is 13.6 Å². The van der Waals surface area contributed by atoms with Crippen molar-refractivity contribution in [2.75, 3.05) is 32.5 Å². The van der Waals surface area contributed by atoms with E-state index in [0.717, 1.165) is 11.4 Å². The lowest BCUT2D eigenvalue weighted by Gasteiger charge is -2.30. The van der Waals surface area contributed by atoms with E-state index in [4.69, 9.17) is 25.8 Å². The minimum absolute atomic E-state index is 0.0588. The molecule has 0 aromatic rings. The van der Waals surface area contributed by atoms with Gasteiger partial charge in [-0.2, -0.15) is 0 Å². The number of allylic oxidation sites excluding steroid dienone is 6. The minimum Gasteiger partial charge on any atom is -0.471 e. The molecule has 0 atom stereocenters. The molecule has 1 aliphatic heterocycles. The maximum absolute atomic E-state index is 12.0. The highest BCUT2D eigenvalue weighted by molar-refractivity contribution is 7.51. The quantitative estimate of drug-likeness (QED) is 0.188. The first-order valence-corrected chi connectivity index (χ1v) is 10.7. The van der Waals surface area contributed by atoms with Gasteiger partial charge >= 0.3 is 13.6 Å². The topological polar surface area (TPSA) is 101 Å². The van der Waals surface area contributed by atoms with Gasteiger partial charge in [0.1, 0.15) is 0 Å². The molecule has 0 radical (unpaired) electrons. The fourth-order valence-electron chi connectivity index (χ4n) is 2.59. The number of rotatable bonds is 10. The van der Waals surface area contributed by atoms with Crippen LogP contribution in [0.3, 0.4) is 0 Å². The second-order valence-corrected chi connectivity index (χ2v) is 7.77. The van der Waals surface area contributed by atoms with Crippen LogP contribution in [-0.4, -0.2) is 53.2 Å². The maximum Gasteiger partial charge on any atom is 0.336 e. The largest absolute Gasteiger partial charge is 0.471 e. The van der Waals surface area contributed by atoms with E-state index in [1.165, 1.54) is 0 Å². The summed E-state index contributed by atoms with van der Waals surface area (Å²) in [5.74, 6) is -0.644. The Morgan fingerprint density at radius 3 is 2.64 bits per heavy atom. The van der Waals surface area contributed by atoms with Crippen LogP contribution in [0.25, 0.3) is 4.85 Å². The van der Waals surface area contributed by atoms with E-state index < -0.39 is 13.6 Å². The van der Waals surface area contributed by atoms with Gasteiger partial charge in [0.2, 0.25) is 0 Å². The van der Waals surface area contributed by atoms with Crippen LogP contribution in [0, 0.1) is 6.57 Å². The summed E-state index contributed by atoms with van der Waals surface area (Å²) in [6.45, 7) is 14.1. The van der Waals surface area contributed by atoms with Crippen LogP contribution in [0.4, 0.5) is 0 Å². The van der Waals surface area contributed by atoms with E-state index in [1.807, 2.05) is 30.9 Å². The van der Waals surface area contributed by atoms with Crippen molar-refractivity contribution in [1.82, 2.24) is 4.90 Å². The van der Waals surface area contributed by atoms with Gasteiger partial charge in [0.05, 0.1) is 25.9 Å². The van der Waals surface area contributed by atoms with Crippen LogP contribution in [-0.2, 0) is 18.8 Å². The molecule has 154 valence electrons. The Morgan fingerprint density at radius 2 is 2.07 bits per heavy atom. The van der Waals surface area contributed by atoms with Crippen LogP contribution in [0.15, 0.2) is 47.0 Å². The van der Waals surface area contributed by atoms with Gasteiger partial charge in [-0.25, -0.2) is 4.85 Å². The van der Waals surface area contributed by atoms with Crippen molar-refractivity contribution in [3.63, 3.8) is 0 Å². The number of hydrogen-bond donors (Lipinski definition) is 2. The van der Waals surface area contributed by atoms with Crippen molar-refractivity contribution in [2.45, 2.75) is 27.2 Å². The highest BCUT2D eigenvalue weighted by Crippen LogP contribution is 2.34. The van der Waals surface area contributed by atoms with E-state index >= 15 is 0 Å². The molecule has 0 fully saturated rings. The van der Waals surface area contributed by atoms with E-state index in [-0.39, 0.29) is 31.5 Å². The third-order valence-electron chi connectivity index (χ3n) is 3.79. The number of nitrogens with zero attached hydrogens (tertiary/aromatic N) is 2. The SMILES string of the molecule is [C-]#[N+]/C(C(=O)OCC)=C1\C=C(C)N(CCOCCCP(=O)(O)O)C(/C=C/C)=C1. The molecular weight excluding hydrogens is 383 g/mol. The van der Waals surface area contributed by atoms with Crippen LogP contribution < -0.4 is 0 Å². The Kier molecular flexibility index (Phi) is 9.91. The van der Waals surface area contributed by atoms with E-state index in [0.29, 0.717) is 18.7 Å². The Balaban J connectivity index is 2.85. The highest BCUT2D eigenvalue weighted by atomic mass is 31.2. The zero-order chi connectivity index (χ0) is 21.2. The molecule has 0 bridgehead atoms. The van der Waals surface area contributed by atoms with Gasteiger partial charge in [-0.1, -0.05) is 6.08 Å². The van der Waals surface area contributed by atoms with E-state index in [9.17, 15) is 9.36 Å². The summed E-state index contributed by atoms with van der Waals surface area (Å²) in [6.07, 6.45) is 7.34. The second kappa shape index (κ2) is 11.6. The lowest BCUT2D eigenvalue weighted by atomic mass is 10.0. The normalized spacial score (nSPS) is 16.5. The standard InChI is InChI=1S/C19H27N2O6P/c1-5-8-17-14-16(18(20-4)19(22)27-6-2)13-15(3)21(17)9-11-26-10-7-12-28(23,24)25/h5,8,13-14H,6-7,9-12H2,1-3H3,(H2,23,24,25)/b8-5+,18-16+. The summed E-state index contributed by atoms with van der Waals surface area (Å²) in [5.41, 5.74) is 2.09. The molecule has 1 heterocycles. The molecule has 1 rings (SSSR count). The summed E-state index contributed by atoms with van der Waals surface area (Å²) in [5, 5.41) is 0. The Morgan fingerprint density at radius 1 is 1.36 bits per heavy atom. The van der Waals surface area contributed by atoms with E-state index in [1.54, 1.807) is 19.1 Å². The van der Waals surface area contributed by atoms with Gasteiger partial charge in [-0.15, -0.1) is 0 Å². The molecular formula is C19H27N2O6P. The Labute approximate surface area is 165 Å². The van der Waals surface area contributed by atoms with Gasteiger partial charge in [0.15, 0.2) is 0 Å². The lowest BCUT2D eigenvalue weighted by Crippen LogP contribution is -2.27. The third-order valence-corrected chi connectivity index (χ3v) is 4.69. The van der Waals surface area contributed by atoms with Gasteiger partial charge < -0.3 is 24.2 Å². The molecule has 0 amide bonds. The molecule has 0 saturated heterocycles. The van der Waals surface area contributed by atoms with Crippen molar-refractivity contribution < 1.29 is 28.6 Å². The summed E-state index contributed by atoms with van der Waals surface area (Å²) in [6, 6.07) is 0. The van der Waals surface area contributed by atoms with Crippen molar-refractivity contribution in [3.05, 3.63) is 58.4 Å². The van der Waals surface area contributed by atoms with Crippen molar-refractivity contribution in [1.29, 1.82) is 0 Å². The predicted octanol–water partition coefficient (Wildman–Crippen LogP) is 2.99. The third kappa shape index (κ3) is 7.83. The van der Waals surface area contributed by atoms with Crippen molar-refractivity contribution in [3.8, 4) is 0 Å². The molecule has 0 aromatic carbocycles. The molecule has 28 heavy (non-hydrogen) atoms. The van der Waals surface area contributed by atoms with Crippen LogP contribution in [0.1, 0.15) is 27.2 Å².